The third-order valence-electron chi connectivity index (χ3n) is 5.31. The third kappa shape index (κ3) is 4.73. The van der Waals surface area contributed by atoms with Gasteiger partial charge >= 0.3 is 5.97 Å². The van der Waals surface area contributed by atoms with Gasteiger partial charge in [0.2, 0.25) is 5.28 Å². The van der Waals surface area contributed by atoms with Crippen molar-refractivity contribution in [2.45, 2.75) is 45.4 Å². The van der Waals surface area contributed by atoms with Gasteiger partial charge in [-0.1, -0.05) is 13.0 Å². The molecule has 0 saturated heterocycles. The molecule has 1 unspecified atom stereocenters. The summed E-state index contributed by atoms with van der Waals surface area (Å²) in [5, 5.41) is 12.9. The number of nitrogens with one attached hydrogen (secondary N) is 1. The molecule has 1 aliphatic rings. The van der Waals surface area contributed by atoms with Gasteiger partial charge in [0.05, 0.1) is 12.5 Å². The topological polar surface area (TPSA) is 84.3 Å². The number of carbonyl (C=O) groups is 1. The fourth-order valence-corrected chi connectivity index (χ4v) is 3.97. The van der Waals surface area contributed by atoms with Crippen LogP contribution in [0.4, 0.5) is 5.82 Å². The van der Waals surface area contributed by atoms with Gasteiger partial charge in [-0.3, -0.25) is 4.79 Å². The molecule has 2 atom stereocenters. The molecular formula is C21H26ClN3O3. The van der Waals surface area contributed by atoms with Crippen LogP contribution in [-0.4, -0.2) is 34.2 Å². The van der Waals surface area contributed by atoms with Crippen LogP contribution in [0.3, 0.4) is 0 Å². The molecule has 1 aromatic carbocycles. The Morgan fingerprint density at radius 3 is 3.04 bits per heavy atom. The molecule has 0 amide bonds. The maximum absolute atomic E-state index is 11.5. The zero-order valence-electron chi connectivity index (χ0n) is 16.2. The average Bonchev–Trinajstić information content (AvgIpc) is 3.07. The number of aromatic nitrogens is 2. The molecule has 0 radical (unpaired) electrons. The van der Waals surface area contributed by atoms with E-state index in [1.807, 2.05) is 26.0 Å². The van der Waals surface area contributed by atoms with Crippen molar-refractivity contribution in [3.63, 3.8) is 0 Å². The van der Waals surface area contributed by atoms with Crippen LogP contribution in [0.5, 0.6) is 5.75 Å². The van der Waals surface area contributed by atoms with Gasteiger partial charge in [0.15, 0.2) is 0 Å². The minimum absolute atomic E-state index is 0.110. The third-order valence-corrected chi connectivity index (χ3v) is 5.49. The molecule has 0 spiro atoms. The number of carboxylic acids is 1. The lowest BCUT2D eigenvalue weighted by Gasteiger charge is -2.19. The van der Waals surface area contributed by atoms with E-state index in [4.69, 9.17) is 16.3 Å². The van der Waals surface area contributed by atoms with Crippen LogP contribution in [0.2, 0.25) is 5.28 Å². The zero-order valence-corrected chi connectivity index (χ0v) is 17.0. The van der Waals surface area contributed by atoms with Gasteiger partial charge in [0.25, 0.3) is 0 Å². The van der Waals surface area contributed by atoms with E-state index >= 15 is 0 Å². The number of nitrogens with zero attached hydrogens (tertiary/aromatic N) is 2. The second kappa shape index (κ2) is 9.24. The Morgan fingerprint density at radius 1 is 1.46 bits per heavy atom. The molecule has 0 bridgehead atoms. The van der Waals surface area contributed by atoms with Crippen LogP contribution in [0.1, 0.15) is 48.8 Å². The van der Waals surface area contributed by atoms with Gasteiger partial charge in [0, 0.05) is 18.3 Å². The molecule has 3 rings (SSSR count). The normalized spacial score (nSPS) is 16.5. The minimum Gasteiger partial charge on any atom is -0.494 e. The number of anilines is 1. The second-order valence-electron chi connectivity index (χ2n) is 7.16. The number of aryl methyl sites for hydroxylation is 2. The number of ether oxygens (including phenoxy) is 1. The fraction of sp³-hybridized carbons (Fsp3) is 0.476. The highest BCUT2D eigenvalue weighted by atomic mass is 35.5. The number of carboxylic acid groups (broad SMARTS) is 1. The summed E-state index contributed by atoms with van der Waals surface area (Å²) in [6.45, 7) is 5.18. The van der Waals surface area contributed by atoms with Crippen molar-refractivity contribution in [1.29, 1.82) is 0 Å². The van der Waals surface area contributed by atoms with E-state index in [-0.39, 0.29) is 17.1 Å². The van der Waals surface area contributed by atoms with E-state index in [0.29, 0.717) is 13.0 Å². The van der Waals surface area contributed by atoms with E-state index in [2.05, 4.69) is 21.4 Å². The van der Waals surface area contributed by atoms with Gasteiger partial charge in [-0.05, 0) is 73.4 Å². The minimum atomic E-state index is -0.701. The quantitative estimate of drug-likeness (QED) is 0.475. The van der Waals surface area contributed by atoms with Gasteiger partial charge in [0.1, 0.15) is 11.6 Å². The maximum atomic E-state index is 11.5. The van der Waals surface area contributed by atoms with Crippen molar-refractivity contribution in [3.05, 3.63) is 46.4 Å². The molecule has 2 aromatic rings. The summed E-state index contributed by atoms with van der Waals surface area (Å²) in [7, 11) is 0. The Morgan fingerprint density at radius 2 is 2.29 bits per heavy atom. The van der Waals surface area contributed by atoms with Crippen molar-refractivity contribution < 1.29 is 14.6 Å². The lowest BCUT2D eigenvalue weighted by Crippen LogP contribution is -2.19. The molecule has 2 N–H and O–H groups in total. The van der Waals surface area contributed by atoms with Gasteiger partial charge in [-0.15, -0.1) is 0 Å². The summed E-state index contributed by atoms with van der Waals surface area (Å²) in [5.74, 6) is 0.682. The summed E-state index contributed by atoms with van der Waals surface area (Å²) >= 11 is 5.82. The monoisotopic (exact) mass is 403 g/mol. The average molecular weight is 404 g/mol. The van der Waals surface area contributed by atoms with E-state index in [1.165, 1.54) is 11.1 Å². The number of fused-ring (bicyclic) bond motifs is 1. The number of hydrogen-bond donors (Lipinski definition) is 2. The molecule has 0 fully saturated rings. The van der Waals surface area contributed by atoms with Gasteiger partial charge in [-0.2, -0.15) is 0 Å². The zero-order chi connectivity index (χ0) is 20.1. The van der Waals surface area contributed by atoms with Crippen molar-refractivity contribution >= 4 is 23.4 Å². The largest absolute Gasteiger partial charge is 0.494 e. The summed E-state index contributed by atoms with van der Waals surface area (Å²) in [4.78, 5) is 19.6. The van der Waals surface area contributed by atoms with Crippen molar-refractivity contribution in [3.8, 4) is 5.75 Å². The van der Waals surface area contributed by atoms with Crippen molar-refractivity contribution in [1.82, 2.24) is 9.97 Å². The van der Waals surface area contributed by atoms with Crippen molar-refractivity contribution in [2.75, 3.05) is 18.5 Å². The number of rotatable bonds is 9. The van der Waals surface area contributed by atoms with Crippen LogP contribution in [0, 0.1) is 12.8 Å². The van der Waals surface area contributed by atoms with Crippen LogP contribution in [-0.2, 0) is 11.2 Å². The molecule has 150 valence electrons. The molecular weight excluding hydrogens is 378 g/mol. The van der Waals surface area contributed by atoms with E-state index < -0.39 is 5.97 Å². The Balaban J connectivity index is 1.50. The SMILES string of the molecule is CCC(C(=O)O)[C@@H]1CCc2cc(OCCCNc3nc(Cl)ncc3C)ccc21. The highest BCUT2D eigenvalue weighted by molar-refractivity contribution is 6.28. The molecule has 28 heavy (non-hydrogen) atoms. The standard InChI is InChI=1S/C21H26ClN3O3/c1-3-16(20(26)27)18-7-5-14-11-15(6-8-17(14)18)28-10-4-9-23-19-13(2)12-24-21(22)25-19/h6,8,11-12,16,18H,3-5,7,9-10H2,1-2H3,(H,26,27)(H,23,24,25)/t16?,18-/m0/s1. The summed E-state index contributed by atoms with van der Waals surface area (Å²) < 4.78 is 5.88. The first-order valence-corrected chi connectivity index (χ1v) is 10.1. The van der Waals surface area contributed by atoms with Gasteiger partial charge < -0.3 is 15.2 Å². The van der Waals surface area contributed by atoms with Crippen molar-refractivity contribution in [2.24, 2.45) is 5.92 Å². The summed E-state index contributed by atoms with van der Waals surface area (Å²) in [6, 6.07) is 6.05. The lowest BCUT2D eigenvalue weighted by molar-refractivity contribution is -0.142. The first-order chi connectivity index (χ1) is 13.5. The fourth-order valence-electron chi connectivity index (χ4n) is 3.83. The molecule has 1 heterocycles. The van der Waals surface area contributed by atoms with Gasteiger partial charge in [-0.25, -0.2) is 9.97 Å². The molecule has 0 saturated carbocycles. The molecule has 0 aliphatic heterocycles. The van der Waals surface area contributed by atoms with Crippen LogP contribution in [0.25, 0.3) is 0 Å². The molecule has 7 heteroatoms. The van der Waals surface area contributed by atoms with E-state index in [9.17, 15) is 9.90 Å². The van der Waals surface area contributed by atoms with E-state index in [0.717, 1.165) is 42.9 Å². The number of halogens is 1. The number of aliphatic carboxylic acids is 1. The summed E-state index contributed by atoms with van der Waals surface area (Å²) in [6.07, 6.45) is 4.98. The highest BCUT2D eigenvalue weighted by Gasteiger charge is 2.33. The first-order valence-electron chi connectivity index (χ1n) is 9.71. The number of benzene rings is 1. The lowest BCUT2D eigenvalue weighted by atomic mass is 9.85. The smallest absolute Gasteiger partial charge is 0.307 e. The Kier molecular flexibility index (Phi) is 6.73. The Hall–Kier alpha value is -2.34. The second-order valence-corrected chi connectivity index (χ2v) is 7.50. The Labute approximate surface area is 170 Å². The first kappa shape index (κ1) is 20.4. The van der Waals surface area contributed by atoms with Crippen LogP contribution >= 0.6 is 11.6 Å². The molecule has 6 nitrogen and oxygen atoms in total. The predicted molar refractivity (Wildman–Crippen MR) is 109 cm³/mol. The van der Waals surface area contributed by atoms with Crippen LogP contribution in [0.15, 0.2) is 24.4 Å². The Bertz CT molecular complexity index is 844. The molecule has 1 aliphatic carbocycles. The number of hydrogen-bond acceptors (Lipinski definition) is 5. The van der Waals surface area contributed by atoms with E-state index in [1.54, 1.807) is 6.20 Å². The highest BCUT2D eigenvalue weighted by Crippen LogP contribution is 2.41. The predicted octanol–water partition coefficient (Wildman–Crippen LogP) is 4.46. The van der Waals surface area contributed by atoms with Crippen LogP contribution < -0.4 is 10.1 Å². The maximum Gasteiger partial charge on any atom is 0.307 e. The molecule has 1 aromatic heterocycles. The summed E-state index contributed by atoms with van der Waals surface area (Å²) in [5.41, 5.74) is 3.33.